The van der Waals surface area contributed by atoms with Crippen LogP contribution >= 0.6 is 0 Å². The van der Waals surface area contributed by atoms with Gasteiger partial charge in [-0.25, -0.2) is 9.50 Å². The Kier molecular flexibility index (Phi) is 3.03. The molecule has 6 nitrogen and oxygen atoms in total. The second-order valence-electron chi connectivity index (χ2n) is 6.19. The summed E-state index contributed by atoms with van der Waals surface area (Å²) in [7, 11) is 0. The normalized spacial score (nSPS) is 17.0. The fourth-order valence-electron chi connectivity index (χ4n) is 3.32. The smallest absolute Gasteiger partial charge is 0.252 e. The van der Waals surface area contributed by atoms with Crippen LogP contribution in [0.3, 0.4) is 0 Å². The number of nitrogens with zero attached hydrogens (tertiary/aromatic N) is 4. The summed E-state index contributed by atoms with van der Waals surface area (Å²) in [6.07, 6.45) is 4.47. The highest BCUT2D eigenvalue weighted by atomic mass is 16.3. The van der Waals surface area contributed by atoms with Crippen LogP contribution in [0, 0.1) is 0 Å². The molecule has 5 rings (SSSR count). The van der Waals surface area contributed by atoms with E-state index in [2.05, 4.69) is 15.1 Å². The van der Waals surface area contributed by atoms with Crippen LogP contribution in [0.1, 0.15) is 34.2 Å². The Morgan fingerprint density at radius 1 is 1.04 bits per heavy atom. The largest absolute Gasteiger partial charge is 0.469 e. The summed E-state index contributed by atoms with van der Waals surface area (Å²) in [6.45, 7) is 0. The van der Waals surface area contributed by atoms with Crippen LogP contribution in [0.5, 0.6) is 0 Å². The maximum absolute atomic E-state index is 12.6. The Balaban J connectivity index is 1.59. The number of ketones is 1. The number of carbonyl (C=O) groups is 1. The average Bonchev–Trinajstić information content (AvgIpc) is 3.30. The van der Waals surface area contributed by atoms with Crippen LogP contribution in [0.15, 0.2) is 59.3 Å². The molecule has 1 aliphatic carbocycles. The summed E-state index contributed by atoms with van der Waals surface area (Å²) < 4.78 is 7.06. The molecular formula is C19H14N4O2. The van der Waals surface area contributed by atoms with Crippen molar-refractivity contribution in [1.29, 1.82) is 0 Å². The number of benzene rings is 1. The summed E-state index contributed by atoms with van der Waals surface area (Å²) in [5.74, 6) is 2.03. The van der Waals surface area contributed by atoms with Gasteiger partial charge in [0, 0.05) is 30.5 Å². The van der Waals surface area contributed by atoms with E-state index in [4.69, 9.17) is 4.42 Å². The predicted molar refractivity (Wildman–Crippen MR) is 90.3 cm³/mol. The molecule has 6 heteroatoms. The number of hydrogen-bond acceptors (Lipinski definition) is 5. The number of aromatic nitrogens is 4. The molecule has 0 saturated heterocycles. The number of Topliss-reactive ketones (excluding diaryl/α,β-unsaturated/α-hetero) is 1. The zero-order valence-corrected chi connectivity index (χ0v) is 13.3. The second-order valence-corrected chi connectivity index (χ2v) is 6.19. The minimum atomic E-state index is 0.0291. The third-order valence-electron chi connectivity index (χ3n) is 4.56. The van der Waals surface area contributed by atoms with Gasteiger partial charge in [0.1, 0.15) is 5.76 Å². The molecule has 1 unspecified atom stereocenters. The summed E-state index contributed by atoms with van der Waals surface area (Å²) in [5, 5.41) is 4.47. The predicted octanol–water partition coefficient (Wildman–Crippen LogP) is 3.30. The van der Waals surface area contributed by atoms with Crippen molar-refractivity contribution in [2.75, 3.05) is 0 Å². The van der Waals surface area contributed by atoms with Crippen LogP contribution in [0.4, 0.5) is 0 Å². The third-order valence-corrected chi connectivity index (χ3v) is 4.56. The first kappa shape index (κ1) is 14.1. The lowest BCUT2D eigenvalue weighted by Crippen LogP contribution is -2.21. The molecule has 0 fully saturated rings. The van der Waals surface area contributed by atoms with Crippen molar-refractivity contribution in [3.63, 3.8) is 0 Å². The first-order valence-electron chi connectivity index (χ1n) is 8.16. The van der Waals surface area contributed by atoms with Crippen LogP contribution in [-0.4, -0.2) is 25.4 Å². The maximum Gasteiger partial charge on any atom is 0.252 e. The molecule has 4 aromatic rings. The second kappa shape index (κ2) is 5.37. The lowest BCUT2D eigenvalue weighted by molar-refractivity contribution is 0.0958. The lowest BCUT2D eigenvalue weighted by Gasteiger charge is -2.20. The van der Waals surface area contributed by atoms with E-state index < -0.39 is 0 Å². The van der Waals surface area contributed by atoms with Crippen molar-refractivity contribution in [3.8, 4) is 11.4 Å². The van der Waals surface area contributed by atoms with Gasteiger partial charge < -0.3 is 4.42 Å². The first-order chi connectivity index (χ1) is 12.3. The molecule has 25 heavy (non-hydrogen) atoms. The maximum atomic E-state index is 12.6. The van der Waals surface area contributed by atoms with Crippen molar-refractivity contribution < 1.29 is 9.21 Å². The SMILES string of the molecule is O=C1CC(c2ccco2)Cc2nc3nc(-c4ccccc4)nn3cc21. The van der Waals surface area contributed by atoms with Gasteiger partial charge in [-0.05, 0) is 12.1 Å². The van der Waals surface area contributed by atoms with Gasteiger partial charge in [-0.3, -0.25) is 4.79 Å². The highest BCUT2D eigenvalue weighted by Crippen LogP contribution is 2.32. The summed E-state index contributed by atoms with van der Waals surface area (Å²) in [4.78, 5) is 21.7. The van der Waals surface area contributed by atoms with E-state index in [1.807, 2.05) is 42.5 Å². The fraction of sp³-hybridized carbons (Fsp3) is 0.158. The zero-order chi connectivity index (χ0) is 16.8. The van der Waals surface area contributed by atoms with Crippen molar-refractivity contribution in [3.05, 3.63) is 71.9 Å². The summed E-state index contributed by atoms with van der Waals surface area (Å²) in [5.41, 5.74) is 2.31. The molecule has 0 bridgehead atoms. The van der Waals surface area contributed by atoms with Gasteiger partial charge in [0.05, 0.1) is 17.5 Å². The monoisotopic (exact) mass is 330 g/mol. The minimum Gasteiger partial charge on any atom is -0.469 e. The Morgan fingerprint density at radius 3 is 2.72 bits per heavy atom. The topological polar surface area (TPSA) is 73.3 Å². The van der Waals surface area contributed by atoms with Crippen molar-refractivity contribution in [2.24, 2.45) is 0 Å². The highest BCUT2D eigenvalue weighted by molar-refractivity contribution is 5.98. The lowest BCUT2D eigenvalue weighted by atomic mass is 9.85. The van der Waals surface area contributed by atoms with Gasteiger partial charge in [0.2, 0.25) is 0 Å². The first-order valence-corrected chi connectivity index (χ1v) is 8.16. The molecule has 1 aromatic carbocycles. The standard InChI is InChI=1S/C19H14N4O2/c24-16-10-13(17-7-4-8-25-17)9-15-14(16)11-23-19(20-15)21-18(22-23)12-5-2-1-3-6-12/h1-8,11,13H,9-10H2. The van der Waals surface area contributed by atoms with E-state index in [9.17, 15) is 4.79 Å². The van der Waals surface area contributed by atoms with E-state index in [1.165, 1.54) is 0 Å². The van der Waals surface area contributed by atoms with Gasteiger partial charge in [0.25, 0.3) is 5.78 Å². The molecule has 122 valence electrons. The Labute approximate surface area is 143 Å². The van der Waals surface area contributed by atoms with E-state index in [-0.39, 0.29) is 11.7 Å². The molecular weight excluding hydrogens is 316 g/mol. The quantitative estimate of drug-likeness (QED) is 0.564. The Bertz CT molecular complexity index is 1070. The Morgan fingerprint density at radius 2 is 1.92 bits per heavy atom. The summed E-state index contributed by atoms with van der Waals surface area (Å²) in [6, 6.07) is 13.5. The Hall–Kier alpha value is -3.28. The molecule has 0 radical (unpaired) electrons. The molecule has 3 aromatic heterocycles. The minimum absolute atomic E-state index is 0.0291. The van der Waals surface area contributed by atoms with Crippen LogP contribution in [-0.2, 0) is 6.42 Å². The van der Waals surface area contributed by atoms with E-state index in [0.717, 1.165) is 17.0 Å². The van der Waals surface area contributed by atoms with Crippen molar-refractivity contribution >= 4 is 11.6 Å². The number of carbonyl (C=O) groups excluding carboxylic acids is 1. The van der Waals surface area contributed by atoms with Crippen molar-refractivity contribution in [1.82, 2.24) is 19.6 Å². The third kappa shape index (κ3) is 2.34. The van der Waals surface area contributed by atoms with E-state index in [1.54, 1.807) is 17.0 Å². The average molecular weight is 330 g/mol. The zero-order valence-electron chi connectivity index (χ0n) is 13.3. The fourth-order valence-corrected chi connectivity index (χ4v) is 3.32. The number of fused-ring (bicyclic) bond motifs is 2. The summed E-state index contributed by atoms with van der Waals surface area (Å²) >= 11 is 0. The van der Waals surface area contributed by atoms with Crippen LogP contribution < -0.4 is 0 Å². The van der Waals surface area contributed by atoms with Crippen molar-refractivity contribution in [2.45, 2.75) is 18.8 Å². The number of rotatable bonds is 2. The molecule has 1 aliphatic rings. The van der Waals surface area contributed by atoms with Gasteiger partial charge in [0.15, 0.2) is 11.6 Å². The molecule has 1 atom stereocenters. The molecule has 0 saturated carbocycles. The van der Waals surface area contributed by atoms with Gasteiger partial charge >= 0.3 is 0 Å². The molecule has 0 amide bonds. The van der Waals surface area contributed by atoms with Crippen LogP contribution in [0.2, 0.25) is 0 Å². The van der Waals surface area contributed by atoms with E-state index in [0.29, 0.717) is 30.0 Å². The molecule has 0 spiro atoms. The van der Waals surface area contributed by atoms with Gasteiger partial charge in [-0.15, -0.1) is 5.10 Å². The molecule has 0 N–H and O–H groups in total. The van der Waals surface area contributed by atoms with Gasteiger partial charge in [-0.1, -0.05) is 30.3 Å². The van der Waals surface area contributed by atoms with E-state index >= 15 is 0 Å². The van der Waals surface area contributed by atoms with Crippen LogP contribution in [0.25, 0.3) is 17.2 Å². The number of furan rings is 1. The molecule has 3 heterocycles. The molecule has 0 aliphatic heterocycles. The highest BCUT2D eigenvalue weighted by Gasteiger charge is 2.30. The number of hydrogen-bond donors (Lipinski definition) is 0. The van der Waals surface area contributed by atoms with Gasteiger partial charge in [-0.2, -0.15) is 4.98 Å².